The zero-order valence-corrected chi connectivity index (χ0v) is 12.5. The first kappa shape index (κ1) is 18.0. The highest BCUT2D eigenvalue weighted by Crippen LogP contribution is 2.24. The average molecular weight is 321 g/mol. The molecule has 2 N–H and O–H groups in total. The third-order valence-corrected chi connectivity index (χ3v) is 3.03. The van der Waals surface area contributed by atoms with Crippen LogP contribution in [0.3, 0.4) is 0 Å². The minimum atomic E-state index is -4.40. The molecular formula is C13H18F3N3O3. The molecular weight excluding hydrogens is 303 g/mol. The van der Waals surface area contributed by atoms with E-state index < -0.39 is 24.6 Å². The van der Waals surface area contributed by atoms with Gasteiger partial charge < -0.3 is 10.4 Å². The van der Waals surface area contributed by atoms with Crippen molar-refractivity contribution in [3.8, 4) is 0 Å². The standard InChI is InChI=1S/C13H18F3N3O3/c1-7(5-11(21)22)4-10(20)17-12-8(2)18-19(9(12)3)6-13(14,15)16/h7H,4-6H2,1-3H3,(H,17,20)(H,21,22). The van der Waals surface area contributed by atoms with Gasteiger partial charge in [-0.2, -0.15) is 18.3 Å². The fourth-order valence-corrected chi connectivity index (χ4v) is 2.08. The molecule has 0 aromatic carbocycles. The number of anilines is 1. The van der Waals surface area contributed by atoms with E-state index >= 15 is 0 Å². The van der Waals surface area contributed by atoms with Gasteiger partial charge in [0.05, 0.1) is 17.1 Å². The van der Waals surface area contributed by atoms with Gasteiger partial charge in [-0.3, -0.25) is 14.3 Å². The van der Waals surface area contributed by atoms with Gasteiger partial charge in [0.2, 0.25) is 5.91 Å². The first-order chi connectivity index (χ1) is 9.99. The highest BCUT2D eigenvalue weighted by Gasteiger charge is 2.30. The van der Waals surface area contributed by atoms with E-state index in [0.29, 0.717) is 0 Å². The van der Waals surface area contributed by atoms with E-state index in [1.807, 2.05) is 0 Å². The summed E-state index contributed by atoms with van der Waals surface area (Å²) < 4.78 is 38.0. The molecule has 1 heterocycles. The summed E-state index contributed by atoms with van der Waals surface area (Å²) >= 11 is 0. The number of carbonyl (C=O) groups excluding carboxylic acids is 1. The lowest BCUT2D eigenvalue weighted by Crippen LogP contribution is -2.20. The second kappa shape index (κ2) is 6.80. The third kappa shape index (κ3) is 5.38. The molecule has 1 rings (SSSR count). The summed E-state index contributed by atoms with van der Waals surface area (Å²) in [5.74, 6) is -1.83. The maximum absolute atomic E-state index is 12.4. The van der Waals surface area contributed by atoms with Crippen LogP contribution < -0.4 is 5.32 Å². The number of aliphatic carboxylic acids is 1. The van der Waals surface area contributed by atoms with Gasteiger partial charge in [-0.1, -0.05) is 6.92 Å². The molecule has 0 spiro atoms. The number of carboxylic acid groups (broad SMARTS) is 1. The molecule has 0 aliphatic carbocycles. The molecule has 1 aromatic heterocycles. The Morgan fingerprint density at radius 3 is 2.41 bits per heavy atom. The number of rotatable bonds is 6. The second-order valence-electron chi connectivity index (χ2n) is 5.27. The lowest BCUT2D eigenvalue weighted by atomic mass is 10.0. The normalized spacial score (nSPS) is 13.0. The number of carbonyl (C=O) groups is 2. The summed E-state index contributed by atoms with van der Waals surface area (Å²) in [7, 11) is 0. The molecule has 1 unspecified atom stereocenters. The molecule has 0 radical (unpaired) electrons. The van der Waals surface area contributed by atoms with Gasteiger partial charge in [0.25, 0.3) is 0 Å². The Balaban J connectivity index is 2.77. The van der Waals surface area contributed by atoms with E-state index in [-0.39, 0.29) is 35.8 Å². The molecule has 9 heteroatoms. The van der Waals surface area contributed by atoms with Crippen molar-refractivity contribution in [3.63, 3.8) is 0 Å². The quantitative estimate of drug-likeness (QED) is 0.843. The first-order valence-electron chi connectivity index (χ1n) is 6.62. The van der Waals surface area contributed by atoms with Crippen molar-refractivity contribution >= 4 is 17.6 Å². The molecule has 0 aliphatic rings. The molecule has 0 saturated heterocycles. The fourth-order valence-electron chi connectivity index (χ4n) is 2.08. The van der Waals surface area contributed by atoms with Crippen molar-refractivity contribution in [3.05, 3.63) is 11.4 Å². The van der Waals surface area contributed by atoms with E-state index in [9.17, 15) is 22.8 Å². The van der Waals surface area contributed by atoms with Crippen molar-refractivity contribution in [2.45, 2.75) is 46.3 Å². The Hall–Kier alpha value is -2.06. The Bertz CT molecular complexity index is 567. The van der Waals surface area contributed by atoms with Crippen LogP contribution in [0.15, 0.2) is 0 Å². The summed E-state index contributed by atoms with van der Waals surface area (Å²) in [5, 5.41) is 14.9. The maximum Gasteiger partial charge on any atom is 0.408 e. The van der Waals surface area contributed by atoms with E-state index in [1.165, 1.54) is 13.8 Å². The summed E-state index contributed by atoms with van der Waals surface area (Å²) in [4.78, 5) is 22.4. The van der Waals surface area contributed by atoms with Gasteiger partial charge in [-0.05, 0) is 19.8 Å². The molecule has 1 atom stereocenters. The summed E-state index contributed by atoms with van der Waals surface area (Å²) in [5.41, 5.74) is 0.715. The monoisotopic (exact) mass is 321 g/mol. The average Bonchev–Trinajstić information content (AvgIpc) is 2.53. The van der Waals surface area contributed by atoms with Crippen molar-refractivity contribution in [1.82, 2.24) is 9.78 Å². The molecule has 22 heavy (non-hydrogen) atoms. The van der Waals surface area contributed by atoms with Crippen LogP contribution in [0, 0.1) is 19.8 Å². The minimum Gasteiger partial charge on any atom is -0.481 e. The van der Waals surface area contributed by atoms with E-state index in [4.69, 9.17) is 5.11 Å². The molecule has 1 amide bonds. The predicted molar refractivity (Wildman–Crippen MR) is 72.4 cm³/mol. The number of carboxylic acids is 1. The van der Waals surface area contributed by atoms with Gasteiger partial charge >= 0.3 is 12.1 Å². The Morgan fingerprint density at radius 1 is 1.32 bits per heavy atom. The van der Waals surface area contributed by atoms with Crippen LogP contribution in [0.1, 0.15) is 31.2 Å². The zero-order chi connectivity index (χ0) is 17.1. The first-order valence-corrected chi connectivity index (χ1v) is 6.62. The van der Waals surface area contributed by atoms with Gasteiger partial charge in [0.15, 0.2) is 0 Å². The van der Waals surface area contributed by atoms with Crippen molar-refractivity contribution in [1.29, 1.82) is 0 Å². The predicted octanol–water partition coefficient (Wildman–Crippen LogP) is 2.50. The third-order valence-electron chi connectivity index (χ3n) is 3.03. The Labute approximate surface area is 125 Å². The fraction of sp³-hybridized carbons (Fsp3) is 0.615. The number of nitrogens with zero attached hydrogens (tertiary/aromatic N) is 2. The Kier molecular flexibility index (Phi) is 5.56. The Morgan fingerprint density at radius 2 is 1.91 bits per heavy atom. The van der Waals surface area contributed by atoms with Crippen LogP contribution >= 0.6 is 0 Å². The number of aryl methyl sites for hydroxylation is 1. The topological polar surface area (TPSA) is 84.2 Å². The summed E-state index contributed by atoms with van der Waals surface area (Å²) in [6, 6.07) is 0. The van der Waals surface area contributed by atoms with Crippen LogP contribution in [0.2, 0.25) is 0 Å². The van der Waals surface area contributed by atoms with Crippen LogP contribution in [0.5, 0.6) is 0 Å². The van der Waals surface area contributed by atoms with Crippen LogP contribution in [0.25, 0.3) is 0 Å². The minimum absolute atomic E-state index is 0.0321. The molecule has 0 aliphatic heterocycles. The number of halogens is 3. The number of hydrogen-bond acceptors (Lipinski definition) is 3. The smallest absolute Gasteiger partial charge is 0.408 e. The SMILES string of the molecule is Cc1nn(CC(F)(F)F)c(C)c1NC(=O)CC(C)CC(=O)O. The van der Waals surface area contributed by atoms with E-state index in [0.717, 1.165) is 4.68 Å². The largest absolute Gasteiger partial charge is 0.481 e. The number of amides is 1. The summed E-state index contributed by atoms with van der Waals surface area (Å²) in [6.07, 6.45) is -4.59. The van der Waals surface area contributed by atoms with Crippen molar-refractivity contribution in [2.75, 3.05) is 5.32 Å². The number of alkyl halides is 3. The van der Waals surface area contributed by atoms with Gasteiger partial charge in [-0.15, -0.1) is 0 Å². The van der Waals surface area contributed by atoms with Crippen molar-refractivity contribution in [2.24, 2.45) is 5.92 Å². The van der Waals surface area contributed by atoms with Gasteiger partial charge in [0.1, 0.15) is 6.54 Å². The highest BCUT2D eigenvalue weighted by molar-refractivity contribution is 5.92. The number of nitrogens with one attached hydrogen (secondary N) is 1. The van der Waals surface area contributed by atoms with E-state index in [2.05, 4.69) is 10.4 Å². The lowest BCUT2D eigenvalue weighted by Gasteiger charge is -2.11. The molecule has 0 saturated carbocycles. The molecule has 0 bridgehead atoms. The maximum atomic E-state index is 12.4. The lowest BCUT2D eigenvalue weighted by molar-refractivity contribution is -0.143. The van der Waals surface area contributed by atoms with Crippen LogP contribution in [0.4, 0.5) is 18.9 Å². The highest BCUT2D eigenvalue weighted by atomic mass is 19.4. The van der Waals surface area contributed by atoms with Crippen LogP contribution in [-0.4, -0.2) is 32.9 Å². The van der Waals surface area contributed by atoms with Crippen molar-refractivity contribution < 1.29 is 27.9 Å². The molecule has 0 fully saturated rings. The van der Waals surface area contributed by atoms with Gasteiger partial charge in [0, 0.05) is 12.8 Å². The molecule has 6 nitrogen and oxygen atoms in total. The van der Waals surface area contributed by atoms with Crippen LogP contribution in [-0.2, 0) is 16.1 Å². The van der Waals surface area contributed by atoms with E-state index in [1.54, 1.807) is 6.92 Å². The molecule has 1 aromatic rings. The molecule has 124 valence electrons. The second-order valence-corrected chi connectivity index (χ2v) is 5.27. The number of hydrogen-bond donors (Lipinski definition) is 2. The number of aromatic nitrogens is 2. The van der Waals surface area contributed by atoms with Gasteiger partial charge in [-0.25, -0.2) is 0 Å². The zero-order valence-electron chi connectivity index (χ0n) is 12.5. The summed E-state index contributed by atoms with van der Waals surface area (Å²) in [6.45, 7) is 3.31.